The average molecular weight is 362 g/mol. The van der Waals surface area contributed by atoms with Gasteiger partial charge in [0.25, 0.3) is 0 Å². The molecule has 1 aliphatic rings. The van der Waals surface area contributed by atoms with Crippen LogP contribution in [-0.4, -0.2) is 16.8 Å². The predicted molar refractivity (Wildman–Crippen MR) is 103 cm³/mol. The van der Waals surface area contributed by atoms with Crippen LogP contribution in [0.1, 0.15) is 36.3 Å². The van der Waals surface area contributed by atoms with Gasteiger partial charge in [-0.05, 0) is 43.7 Å². The molecule has 1 fully saturated rings. The van der Waals surface area contributed by atoms with Gasteiger partial charge < -0.3 is 4.74 Å². The number of rotatable bonds is 5. The Morgan fingerprint density at radius 1 is 1.22 bits per heavy atom. The molecule has 0 bridgehead atoms. The first-order chi connectivity index (χ1) is 13.1. The van der Waals surface area contributed by atoms with E-state index in [1.807, 2.05) is 49.4 Å². The van der Waals surface area contributed by atoms with E-state index in [-0.39, 0.29) is 17.9 Å². The van der Waals surface area contributed by atoms with Gasteiger partial charge in [0.05, 0.1) is 11.6 Å². The van der Waals surface area contributed by atoms with Crippen LogP contribution in [0.3, 0.4) is 0 Å². The molecule has 2 unspecified atom stereocenters. The second kappa shape index (κ2) is 7.47. The van der Waals surface area contributed by atoms with Crippen LogP contribution in [-0.2, 0) is 16.2 Å². The molecule has 0 amide bonds. The molecule has 1 aromatic heterocycles. The third-order valence-electron chi connectivity index (χ3n) is 4.87. The van der Waals surface area contributed by atoms with E-state index in [0.717, 1.165) is 33.5 Å². The molecule has 0 radical (unpaired) electrons. The summed E-state index contributed by atoms with van der Waals surface area (Å²) in [6, 6.07) is 17.8. The van der Waals surface area contributed by atoms with Crippen molar-refractivity contribution in [1.82, 2.24) is 10.5 Å². The van der Waals surface area contributed by atoms with Gasteiger partial charge in [0.1, 0.15) is 24.2 Å². The van der Waals surface area contributed by atoms with E-state index >= 15 is 0 Å². The molecule has 0 spiro atoms. The summed E-state index contributed by atoms with van der Waals surface area (Å²) in [5, 5.41) is 1.11. The fraction of sp³-hybridized carbons (Fsp3) is 0.273. The number of aromatic nitrogens is 1. The maximum atomic E-state index is 11.4. The molecule has 27 heavy (non-hydrogen) atoms. The number of para-hydroxylation sites is 1. The minimum Gasteiger partial charge on any atom is -0.489 e. The number of benzene rings is 2. The maximum absolute atomic E-state index is 11.4. The number of ketones is 1. The highest BCUT2D eigenvalue weighted by Crippen LogP contribution is 2.29. The average Bonchev–Trinajstić information content (AvgIpc) is 3.17. The summed E-state index contributed by atoms with van der Waals surface area (Å²) >= 11 is 0. The molecule has 4 rings (SSSR count). The number of Topliss-reactive ketones (excluding diaryl/α,β-unsaturated/α-hetero) is 1. The summed E-state index contributed by atoms with van der Waals surface area (Å²) in [5.41, 5.74) is 6.92. The van der Waals surface area contributed by atoms with Crippen LogP contribution in [0.4, 0.5) is 0 Å². The number of hydrogen-bond acceptors (Lipinski definition) is 5. The Bertz CT molecular complexity index is 969. The number of ether oxygens (including phenoxy) is 1. The van der Waals surface area contributed by atoms with Crippen molar-refractivity contribution in [2.45, 2.75) is 39.0 Å². The van der Waals surface area contributed by atoms with Gasteiger partial charge in [-0.1, -0.05) is 30.3 Å². The third kappa shape index (κ3) is 3.84. The summed E-state index contributed by atoms with van der Waals surface area (Å²) in [7, 11) is 0. The SMILES string of the molecule is CC(=O)C1CC(c2ccc(OCc3cc(C)nc4ccccc34)cc2)ON1. The number of carbonyl (C=O) groups excluding carboxylic acids is 1. The van der Waals surface area contributed by atoms with Crippen LogP contribution < -0.4 is 10.2 Å². The molecule has 5 nitrogen and oxygen atoms in total. The van der Waals surface area contributed by atoms with Crippen molar-refractivity contribution in [2.24, 2.45) is 0 Å². The first-order valence-corrected chi connectivity index (χ1v) is 9.10. The van der Waals surface area contributed by atoms with Crippen molar-refractivity contribution < 1.29 is 14.4 Å². The smallest absolute Gasteiger partial charge is 0.149 e. The van der Waals surface area contributed by atoms with E-state index in [1.165, 1.54) is 0 Å². The number of nitrogens with one attached hydrogen (secondary N) is 1. The Kier molecular flexibility index (Phi) is 4.88. The van der Waals surface area contributed by atoms with Gasteiger partial charge in [-0.15, -0.1) is 0 Å². The van der Waals surface area contributed by atoms with Crippen molar-refractivity contribution in [2.75, 3.05) is 0 Å². The fourth-order valence-electron chi connectivity index (χ4n) is 3.38. The van der Waals surface area contributed by atoms with Gasteiger partial charge in [0, 0.05) is 23.1 Å². The second-order valence-corrected chi connectivity index (χ2v) is 6.92. The second-order valence-electron chi connectivity index (χ2n) is 6.92. The summed E-state index contributed by atoms with van der Waals surface area (Å²) in [5.74, 6) is 0.892. The molecular formula is C22H22N2O3. The lowest BCUT2D eigenvalue weighted by Gasteiger charge is -2.12. The number of nitrogens with zero attached hydrogens (tertiary/aromatic N) is 1. The fourth-order valence-corrected chi connectivity index (χ4v) is 3.38. The Hall–Kier alpha value is -2.76. The minimum absolute atomic E-state index is 0.0947. The summed E-state index contributed by atoms with van der Waals surface area (Å²) in [6.07, 6.45) is 0.539. The maximum Gasteiger partial charge on any atom is 0.149 e. The zero-order valence-corrected chi connectivity index (χ0v) is 15.4. The molecule has 2 atom stereocenters. The molecule has 0 saturated carbocycles. The molecule has 1 aliphatic heterocycles. The van der Waals surface area contributed by atoms with Crippen LogP contribution in [0.5, 0.6) is 5.75 Å². The van der Waals surface area contributed by atoms with Gasteiger partial charge in [-0.2, -0.15) is 5.48 Å². The van der Waals surface area contributed by atoms with Crippen molar-refractivity contribution in [3.8, 4) is 5.75 Å². The summed E-state index contributed by atoms with van der Waals surface area (Å²) < 4.78 is 5.99. The lowest BCUT2D eigenvalue weighted by atomic mass is 10.0. The number of fused-ring (bicyclic) bond motifs is 1. The van der Waals surface area contributed by atoms with Gasteiger partial charge >= 0.3 is 0 Å². The summed E-state index contributed by atoms with van der Waals surface area (Å²) in [6.45, 7) is 4.05. The quantitative estimate of drug-likeness (QED) is 0.742. The van der Waals surface area contributed by atoms with Gasteiger partial charge in [-0.25, -0.2) is 0 Å². The molecule has 1 saturated heterocycles. The Morgan fingerprint density at radius 2 is 2.00 bits per heavy atom. The number of hydrogen-bond donors (Lipinski definition) is 1. The highest BCUT2D eigenvalue weighted by molar-refractivity contribution is 5.82. The monoisotopic (exact) mass is 362 g/mol. The van der Waals surface area contributed by atoms with Crippen LogP contribution in [0.15, 0.2) is 54.6 Å². The van der Waals surface area contributed by atoms with E-state index in [2.05, 4.69) is 22.6 Å². The van der Waals surface area contributed by atoms with E-state index < -0.39 is 0 Å². The van der Waals surface area contributed by atoms with Crippen molar-refractivity contribution >= 4 is 16.7 Å². The van der Waals surface area contributed by atoms with Crippen molar-refractivity contribution in [3.63, 3.8) is 0 Å². The van der Waals surface area contributed by atoms with Crippen LogP contribution in [0, 0.1) is 6.92 Å². The van der Waals surface area contributed by atoms with E-state index in [0.29, 0.717) is 13.0 Å². The van der Waals surface area contributed by atoms with Gasteiger partial charge in [0.15, 0.2) is 0 Å². The normalized spacial score (nSPS) is 19.3. The third-order valence-corrected chi connectivity index (χ3v) is 4.87. The zero-order valence-electron chi connectivity index (χ0n) is 15.4. The largest absolute Gasteiger partial charge is 0.489 e. The molecule has 1 N–H and O–H groups in total. The van der Waals surface area contributed by atoms with Gasteiger partial charge in [-0.3, -0.25) is 14.6 Å². The molecule has 5 heteroatoms. The first-order valence-electron chi connectivity index (χ1n) is 9.10. The van der Waals surface area contributed by atoms with Crippen LogP contribution in [0.25, 0.3) is 10.9 Å². The lowest BCUT2D eigenvalue weighted by molar-refractivity contribution is -0.120. The number of pyridine rings is 1. The lowest BCUT2D eigenvalue weighted by Crippen LogP contribution is -2.27. The van der Waals surface area contributed by atoms with Gasteiger partial charge in [0.2, 0.25) is 0 Å². The van der Waals surface area contributed by atoms with E-state index in [1.54, 1.807) is 6.92 Å². The first kappa shape index (κ1) is 17.6. The highest BCUT2D eigenvalue weighted by atomic mass is 16.7. The molecule has 2 aromatic carbocycles. The number of carbonyl (C=O) groups is 1. The highest BCUT2D eigenvalue weighted by Gasteiger charge is 2.29. The molecule has 3 aromatic rings. The number of hydroxylamine groups is 1. The molecule has 2 heterocycles. The standard InChI is InChI=1S/C22H22N2O3/c1-14-11-17(19-5-3-4-6-20(19)23-14)13-26-18-9-7-16(8-10-18)22-12-21(15(2)25)24-27-22/h3-11,21-22,24H,12-13H2,1-2H3. The van der Waals surface area contributed by atoms with Crippen molar-refractivity contribution in [3.05, 3.63) is 71.4 Å². The Labute approximate surface area is 158 Å². The topological polar surface area (TPSA) is 60.5 Å². The summed E-state index contributed by atoms with van der Waals surface area (Å²) in [4.78, 5) is 21.5. The van der Waals surface area contributed by atoms with Crippen molar-refractivity contribution in [1.29, 1.82) is 0 Å². The molecule has 138 valence electrons. The molecule has 0 aliphatic carbocycles. The van der Waals surface area contributed by atoms with E-state index in [9.17, 15) is 4.79 Å². The predicted octanol–water partition coefficient (Wildman–Crippen LogP) is 4.05. The molecular weight excluding hydrogens is 340 g/mol. The zero-order chi connectivity index (χ0) is 18.8. The Balaban J connectivity index is 1.45. The van der Waals surface area contributed by atoms with Crippen LogP contribution in [0.2, 0.25) is 0 Å². The van der Waals surface area contributed by atoms with Crippen LogP contribution >= 0.6 is 0 Å². The minimum atomic E-state index is -0.228. The van der Waals surface area contributed by atoms with E-state index in [4.69, 9.17) is 9.57 Å². The Morgan fingerprint density at radius 3 is 2.74 bits per heavy atom. The number of aryl methyl sites for hydroxylation is 1.